The first kappa shape index (κ1) is 29.3. The van der Waals surface area contributed by atoms with Gasteiger partial charge in [-0.15, -0.1) is 0 Å². The van der Waals surface area contributed by atoms with Crippen LogP contribution in [-0.2, 0) is 23.8 Å². The Balaban J connectivity index is 2.00. The molecule has 2 amide bonds. The number of amides is 2. The summed E-state index contributed by atoms with van der Waals surface area (Å²) >= 11 is 0. The molecule has 0 saturated heterocycles. The second kappa shape index (κ2) is 12.3. The van der Waals surface area contributed by atoms with Gasteiger partial charge >= 0.3 is 18.0 Å². The van der Waals surface area contributed by atoms with Gasteiger partial charge in [-0.05, 0) is 77.1 Å². The molecule has 3 unspecified atom stereocenters. The molecule has 0 aromatic heterocycles. The highest BCUT2D eigenvalue weighted by molar-refractivity contribution is 5.97. The first-order valence-corrected chi connectivity index (χ1v) is 11.9. The van der Waals surface area contributed by atoms with Gasteiger partial charge in [0, 0.05) is 29.9 Å². The number of benzene rings is 1. The molecular formula is C28H34N2O7. The van der Waals surface area contributed by atoms with Crippen LogP contribution in [0.4, 0.5) is 4.79 Å². The fraction of sp³-hybridized carbons (Fsp3) is 0.500. The summed E-state index contributed by atoms with van der Waals surface area (Å²) in [5, 5.41) is 5.25. The normalized spacial score (nSPS) is 16.9. The number of alkyl carbamates (subject to hydrolysis) is 1. The molecule has 1 fully saturated rings. The van der Waals surface area contributed by atoms with Crippen molar-refractivity contribution in [3.05, 3.63) is 35.4 Å². The van der Waals surface area contributed by atoms with Gasteiger partial charge in [0.05, 0.1) is 19.3 Å². The summed E-state index contributed by atoms with van der Waals surface area (Å²) in [6.07, 6.45) is 0.163. The largest absolute Gasteiger partial charge is 0.467 e. The standard InChI is InChI=1S/C28H34N2O7/c1-18(31)36-17-22-16-21(22)11-9-8-10-19-12-14-20(15-13-19)24(32)29-23(25(33)35-7)28(5,6)30-26(34)37-27(2,3)4/h12-15,21-23H,16-17H2,1-7H3,(H,29,32)(H,30,34). The van der Waals surface area contributed by atoms with Crippen LogP contribution in [0.25, 0.3) is 0 Å². The van der Waals surface area contributed by atoms with Gasteiger partial charge in [-0.25, -0.2) is 9.59 Å². The maximum atomic E-state index is 12.9. The van der Waals surface area contributed by atoms with Crippen LogP contribution >= 0.6 is 0 Å². The molecule has 37 heavy (non-hydrogen) atoms. The van der Waals surface area contributed by atoms with Crippen molar-refractivity contribution in [2.75, 3.05) is 13.7 Å². The van der Waals surface area contributed by atoms with Crippen LogP contribution in [0.15, 0.2) is 24.3 Å². The Kier molecular flexibility index (Phi) is 9.74. The average molecular weight is 511 g/mol. The van der Waals surface area contributed by atoms with Crippen molar-refractivity contribution in [1.29, 1.82) is 0 Å². The predicted molar refractivity (Wildman–Crippen MR) is 136 cm³/mol. The van der Waals surface area contributed by atoms with E-state index in [2.05, 4.69) is 34.3 Å². The maximum Gasteiger partial charge on any atom is 0.408 e. The smallest absolute Gasteiger partial charge is 0.408 e. The fourth-order valence-electron chi connectivity index (χ4n) is 3.28. The van der Waals surface area contributed by atoms with E-state index in [0.29, 0.717) is 17.7 Å². The Morgan fingerprint density at radius 3 is 2.27 bits per heavy atom. The van der Waals surface area contributed by atoms with E-state index in [9.17, 15) is 19.2 Å². The number of esters is 2. The first-order chi connectivity index (χ1) is 17.2. The third-order valence-electron chi connectivity index (χ3n) is 5.35. The van der Waals surface area contributed by atoms with E-state index >= 15 is 0 Å². The van der Waals surface area contributed by atoms with Crippen LogP contribution in [0.1, 0.15) is 63.9 Å². The minimum atomic E-state index is -1.21. The van der Waals surface area contributed by atoms with Crippen LogP contribution in [-0.4, -0.2) is 54.8 Å². The van der Waals surface area contributed by atoms with Crippen molar-refractivity contribution < 1.29 is 33.4 Å². The van der Waals surface area contributed by atoms with Crippen LogP contribution in [0, 0.1) is 35.5 Å². The zero-order valence-electron chi connectivity index (χ0n) is 22.3. The number of hydrogen-bond donors (Lipinski definition) is 2. The van der Waals surface area contributed by atoms with Gasteiger partial charge in [0.2, 0.25) is 0 Å². The molecule has 1 saturated carbocycles. The van der Waals surface area contributed by atoms with E-state index in [1.807, 2.05) is 0 Å². The minimum Gasteiger partial charge on any atom is -0.467 e. The average Bonchev–Trinajstić information content (AvgIpc) is 3.55. The van der Waals surface area contributed by atoms with Gasteiger partial charge in [-0.3, -0.25) is 9.59 Å². The van der Waals surface area contributed by atoms with E-state index < -0.39 is 35.2 Å². The van der Waals surface area contributed by atoms with E-state index in [1.54, 1.807) is 58.9 Å². The van der Waals surface area contributed by atoms with Crippen molar-refractivity contribution in [2.45, 2.75) is 65.1 Å². The Morgan fingerprint density at radius 1 is 1.05 bits per heavy atom. The molecule has 0 aliphatic heterocycles. The second-order valence-corrected chi connectivity index (χ2v) is 10.3. The lowest BCUT2D eigenvalue weighted by Gasteiger charge is -2.34. The molecule has 2 N–H and O–H groups in total. The Labute approximate surface area is 218 Å². The van der Waals surface area contributed by atoms with E-state index in [1.165, 1.54) is 14.0 Å². The number of ether oxygens (including phenoxy) is 3. The molecule has 0 heterocycles. The molecule has 0 radical (unpaired) electrons. The summed E-state index contributed by atoms with van der Waals surface area (Å²) in [6, 6.07) is 5.30. The molecule has 3 atom stereocenters. The zero-order valence-corrected chi connectivity index (χ0v) is 22.3. The first-order valence-electron chi connectivity index (χ1n) is 11.9. The van der Waals surface area contributed by atoms with Gasteiger partial charge in [0.1, 0.15) is 11.6 Å². The van der Waals surface area contributed by atoms with Gasteiger partial charge in [0.25, 0.3) is 5.91 Å². The highest BCUT2D eigenvalue weighted by atomic mass is 16.6. The predicted octanol–water partition coefficient (Wildman–Crippen LogP) is 2.82. The lowest BCUT2D eigenvalue weighted by molar-refractivity contribution is -0.145. The third-order valence-corrected chi connectivity index (χ3v) is 5.35. The summed E-state index contributed by atoms with van der Waals surface area (Å²) in [7, 11) is 1.20. The molecule has 2 rings (SSSR count). The highest BCUT2D eigenvalue weighted by Crippen LogP contribution is 2.37. The molecule has 1 aromatic carbocycles. The van der Waals surface area contributed by atoms with Crippen molar-refractivity contribution in [1.82, 2.24) is 10.6 Å². The van der Waals surface area contributed by atoms with Crippen LogP contribution in [0.3, 0.4) is 0 Å². The van der Waals surface area contributed by atoms with E-state index in [4.69, 9.17) is 14.2 Å². The van der Waals surface area contributed by atoms with Crippen molar-refractivity contribution in [2.24, 2.45) is 11.8 Å². The number of carbonyl (C=O) groups excluding carboxylic acids is 4. The molecular weight excluding hydrogens is 476 g/mol. The van der Waals surface area contributed by atoms with Gasteiger partial charge in [0.15, 0.2) is 0 Å². The molecule has 9 heteroatoms. The highest BCUT2D eigenvalue weighted by Gasteiger charge is 2.40. The second-order valence-electron chi connectivity index (χ2n) is 10.3. The maximum absolute atomic E-state index is 12.9. The summed E-state index contributed by atoms with van der Waals surface area (Å²) in [4.78, 5) is 48.4. The molecule has 198 valence electrons. The number of carbonyl (C=O) groups is 4. The van der Waals surface area contributed by atoms with Gasteiger partial charge in [-0.1, -0.05) is 11.8 Å². The molecule has 1 aromatic rings. The Morgan fingerprint density at radius 2 is 1.70 bits per heavy atom. The van der Waals surface area contributed by atoms with Gasteiger partial charge < -0.3 is 24.8 Å². The van der Waals surface area contributed by atoms with Crippen molar-refractivity contribution in [3.63, 3.8) is 0 Å². The zero-order chi connectivity index (χ0) is 27.8. The van der Waals surface area contributed by atoms with E-state index in [0.717, 1.165) is 6.42 Å². The Hall–Kier alpha value is -3.98. The summed E-state index contributed by atoms with van der Waals surface area (Å²) in [5.41, 5.74) is -0.987. The quantitative estimate of drug-likeness (QED) is 0.329. The third kappa shape index (κ3) is 9.89. The monoisotopic (exact) mass is 510 g/mol. The fourth-order valence-corrected chi connectivity index (χ4v) is 3.28. The Bertz CT molecular complexity index is 1140. The minimum absolute atomic E-state index is 0.191. The number of hydrogen-bond acceptors (Lipinski definition) is 7. The molecule has 0 bridgehead atoms. The molecule has 0 spiro atoms. The molecule has 9 nitrogen and oxygen atoms in total. The molecule has 1 aliphatic rings. The van der Waals surface area contributed by atoms with Crippen molar-refractivity contribution >= 4 is 23.9 Å². The summed E-state index contributed by atoms with van der Waals surface area (Å²) < 4.78 is 15.1. The van der Waals surface area contributed by atoms with Crippen LogP contribution in [0.2, 0.25) is 0 Å². The van der Waals surface area contributed by atoms with Crippen LogP contribution in [0.5, 0.6) is 0 Å². The van der Waals surface area contributed by atoms with Gasteiger partial charge in [-0.2, -0.15) is 0 Å². The molecule has 1 aliphatic carbocycles. The lowest BCUT2D eigenvalue weighted by Crippen LogP contribution is -2.62. The number of rotatable bonds is 7. The number of methoxy groups -OCH3 is 1. The topological polar surface area (TPSA) is 120 Å². The van der Waals surface area contributed by atoms with Crippen LogP contribution < -0.4 is 10.6 Å². The van der Waals surface area contributed by atoms with E-state index in [-0.39, 0.29) is 17.8 Å². The number of nitrogens with one attached hydrogen (secondary N) is 2. The SMILES string of the molecule is COC(=O)C(NC(=O)c1ccc(C#CC#CC2CC2COC(C)=O)cc1)C(C)(C)NC(=O)OC(C)(C)C. The summed E-state index contributed by atoms with van der Waals surface area (Å²) in [6.45, 7) is 10.1. The van der Waals surface area contributed by atoms with Crippen molar-refractivity contribution in [3.8, 4) is 23.7 Å². The lowest BCUT2D eigenvalue weighted by atomic mass is 9.94. The summed E-state index contributed by atoms with van der Waals surface area (Å²) in [5.74, 6) is 10.5.